The molecule has 1 aromatic carbocycles. The van der Waals surface area contributed by atoms with Crippen molar-refractivity contribution in [3.63, 3.8) is 0 Å². The van der Waals surface area contributed by atoms with Crippen molar-refractivity contribution in [2.75, 3.05) is 12.4 Å². The van der Waals surface area contributed by atoms with Crippen LogP contribution in [0.15, 0.2) is 23.6 Å². The van der Waals surface area contributed by atoms with E-state index in [-0.39, 0.29) is 12.0 Å². The highest BCUT2D eigenvalue weighted by Gasteiger charge is 2.24. The Morgan fingerprint density at radius 3 is 2.60 bits per heavy atom. The number of rotatable bonds is 6. The van der Waals surface area contributed by atoms with Crippen LogP contribution in [0, 0.1) is 20.8 Å². The molecule has 2 heterocycles. The molecule has 2 N–H and O–H groups in total. The van der Waals surface area contributed by atoms with Gasteiger partial charge >= 0.3 is 5.97 Å². The highest BCUT2D eigenvalue weighted by molar-refractivity contribution is 7.14. The summed E-state index contributed by atoms with van der Waals surface area (Å²) in [7, 11) is 1.61. The summed E-state index contributed by atoms with van der Waals surface area (Å²) in [6.07, 6.45) is -0.240. The van der Waals surface area contributed by atoms with Crippen molar-refractivity contribution < 1.29 is 19.1 Å². The first-order valence-corrected chi connectivity index (χ1v) is 10.4. The molecule has 0 unspecified atom stereocenters. The fourth-order valence-electron chi connectivity index (χ4n) is 3.19. The van der Waals surface area contributed by atoms with E-state index in [4.69, 9.17) is 9.47 Å². The number of anilines is 1. The maximum absolute atomic E-state index is 12.8. The first-order chi connectivity index (χ1) is 14.2. The topological polar surface area (TPSA) is 93.3 Å². The average molecular weight is 428 g/mol. The molecule has 0 saturated heterocycles. The quantitative estimate of drug-likeness (QED) is 0.546. The van der Waals surface area contributed by atoms with Crippen LogP contribution in [0.4, 0.5) is 5.13 Å². The van der Waals surface area contributed by atoms with Crippen molar-refractivity contribution in [3.05, 3.63) is 51.7 Å². The first kappa shape index (κ1) is 21.6. The minimum Gasteiger partial charge on any atom is -0.496 e. The minimum atomic E-state index is -0.446. The van der Waals surface area contributed by atoms with E-state index in [1.165, 1.54) is 11.3 Å². The van der Waals surface area contributed by atoms with Crippen molar-refractivity contribution >= 4 is 28.3 Å². The Balaban J connectivity index is 1.83. The standard InChI is InChI=1S/C22H25N3O4S/c1-11(2)29-21(27)18-13(4)19(23-14(18)5)20(26)25-22-24-16(10-30-22)15-9-12(3)7-8-17(15)28-6/h7-11,23H,1-6H3,(H,24,25,26). The van der Waals surface area contributed by atoms with Gasteiger partial charge in [0.1, 0.15) is 11.4 Å². The predicted octanol–water partition coefficient (Wildman–Crippen LogP) is 4.89. The number of amides is 1. The van der Waals surface area contributed by atoms with E-state index in [0.29, 0.717) is 33.4 Å². The van der Waals surface area contributed by atoms with Crippen molar-refractivity contribution in [2.45, 2.75) is 40.7 Å². The third-order valence-corrected chi connectivity index (χ3v) is 5.32. The number of benzene rings is 1. The van der Waals surface area contributed by atoms with Gasteiger partial charge in [-0.25, -0.2) is 9.78 Å². The molecule has 0 saturated carbocycles. The molecule has 8 heteroatoms. The number of thiazole rings is 1. The van der Waals surface area contributed by atoms with Crippen LogP contribution in [-0.4, -0.2) is 35.1 Å². The van der Waals surface area contributed by atoms with E-state index in [0.717, 1.165) is 16.8 Å². The Kier molecular flexibility index (Phi) is 6.26. The number of ether oxygens (including phenoxy) is 2. The maximum atomic E-state index is 12.8. The highest BCUT2D eigenvalue weighted by atomic mass is 32.1. The third kappa shape index (κ3) is 4.38. The molecule has 0 atom stereocenters. The van der Waals surface area contributed by atoms with E-state index in [9.17, 15) is 9.59 Å². The number of aromatic nitrogens is 2. The Bertz CT molecular complexity index is 1100. The molecule has 0 aliphatic heterocycles. The summed E-state index contributed by atoms with van der Waals surface area (Å²) >= 11 is 1.32. The lowest BCUT2D eigenvalue weighted by molar-refractivity contribution is 0.0376. The van der Waals surface area contributed by atoms with Crippen LogP contribution in [-0.2, 0) is 4.74 Å². The van der Waals surface area contributed by atoms with Gasteiger partial charge < -0.3 is 14.5 Å². The zero-order valence-electron chi connectivity index (χ0n) is 17.9. The summed E-state index contributed by atoms with van der Waals surface area (Å²) in [5, 5.41) is 5.13. The van der Waals surface area contributed by atoms with Crippen LogP contribution in [0.1, 0.15) is 51.5 Å². The second-order valence-electron chi connectivity index (χ2n) is 7.27. The normalized spacial score (nSPS) is 10.9. The van der Waals surface area contributed by atoms with E-state index >= 15 is 0 Å². The van der Waals surface area contributed by atoms with Crippen LogP contribution in [0.25, 0.3) is 11.3 Å². The Labute approximate surface area is 179 Å². The molecule has 3 rings (SSSR count). The molecule has 0 bridgehead atoms. The van der Waals surface area contributed by atoms with Gasteiger partial charge in [-0.3, -0.25) is 10.1 Å². The number of aromatic amines is 1. The molecule has 0 aliphatic rings. The molecule has 2 aromatic heterocycles. The second kappa shape index (κ2) is 8.71. The lowest BCUT2D eigenvalue weighted by Gasteiger charge is -2.08. The molecule has 158 valence electrons. The molecule has 3 aromatic rings. The first-order valence-electron chi connectivity index (χ1n) is 9.53. The van der Waals surface area contributed by atoms with Crippen LogP contribution in [0.5, 0.6) is 5.75 Å². The molecule has 0 aliphatic carbocycles. The number of H-pyrrole nitrogens is 1. The van der Waals surface area contributed by atoms with E-state index < -0.39 is 5.97 Å². The molecule has 0 radical (unpaired) electrons. The van der Waals surface area contributed by atoms with Gasteiger partial charge in [-0.15, -0.1) is 11.3 Å². The fourth-order valence-corrected chi connectivity index (χ4v) is 3.90. The number of hydrogen-bond donors (Lipinski definition) is 2. The Morgan fingerprint density at radius 2 is 1.93 bits per heavy atom. The van der Waals surface area contributed by atoms with Crippen LogP contribution >= 0.6 is 11.3 Å². The summed E-state index contributed by atoms with van der Waals surface area (Å²) in [5.74, 6) is -0.0948. The van der Waals surface area contributed by atoms with Crippen LogP contribution in [0.2, 0.25) is 0 Å². The SMILES string of the molecule is COc1ccc(C)cc1-c1csc(NC(=O)c2[nH]c(C)c(C(=O)OC(C)C)c2C)n1. The number of hydrogen-bond acceptors (Lipinski definition) is 6. The Hall–Kier alpha value is -3.13. The average Bonchev–Trinajstić information content (AvgIpc) is 3.25. The van der Waals surface area contributed by atoms with Crippen molar-refractivity contribution in [1.82, 2.24) is 9.97 Å². The van der Waals surface area contributed by atoms with Crippen molar-refractivity contribution in [1.29, 1.82) is 0 Å². The van der Waals surface area contributed by atoms with Gasteiger partial charge in [-0.2, -0.15) is 0 Å². The summed E-state index contributed by atoms with van der Waals surface area (Å²) < 4.78 is 10.7. The van der Waals surface area contributed by atoms with Gasteiger partial charge in [0, 0.05) is 16.6 Å². The molecule has 1 amide bonds. The Morgan fingerprint density at radius 1 is 1.20 bits per heavy atom. The van der Waals surface area contributed by atoms with Gasteiger partial charge in [-0.1, -0.05) is 11.6 Å². The molecule has 0 spiro atoms. The third-order valence-electron chi connectivity index (χ3n) is 4.57. The lowest BCUT2D eigenvalue weighted by Crippen LogP contribution is -2.15. The number of aryl methyl sites for hydroxylation is 2. The van der Waals surface area contributed by atoms with E-state index in [2.05, 4.69) is 15.3 Å². The largest absolute Gasteiger partial charge is 0.496 e. The maximum Gasteiger partial charge on any atom is 0.340 e. The molecule has 30 heavy (non-hydrogen) atoms. The number of carbonyl (C=O) groups is 2. The monoisotopic (exact) mass is 427 g/mol. The van der Waals surface area contributed by atoms with Gasteiger partial charge in [0.15, 0.2) is 5.13 Å². The van der Waals surface area contributed by atoms with Gasteiger partial charge in [0.2, 0.25) is 0 Å². The summed E-state index contributed by atoms with van der Waals surface area (Å²) in [6.45, 7) is 9.03. The van der Waals surface area contributed by atoms with Gasteiger partial charge in [-0.05, 0) is 52.3 Å². The zero-order valence-corrected chi connectivity index (χ0v) is 18.7. The second-order valence-corrected chi connectivity index (χ2v) is 8.13. The predicted molar refractivity (Wildman–Crippen MR) is 118 cm³/mol. The van der Waals surface area contributed by atoms with Gasteiger partial charge in [0.05, 0.1) is 24.5 Å². The summed E-state index contributed by atoms with van der Waals surface area (Å²) in [4.78, 5) is 32.7. The minimum absolute atomic E-state index is 0.240. The van der Waals surface area contributed by atoms with Crippen molar-refractivity contribution in [2.24, 2.45) is 0 Å². The molecule has 7 nitrogen and oxygen atoms in total. The number of nitrogens with zero attached hydrogens (tertiary/aromatic N) is 1. The van der Waals surface area contributed by atoms with Crippen molar-refractivity contribution in [3.8, 4) is 17.0 Å². The smallest absolute Gasteiger partial charge is 0.340 e. The number of nitrogens with one attached hydrogen (secondary N) is 2. The van der Waals surface area contributed by atoms with E-state index in [1.807, 2.05) is 30.5 Å². The van der Waals surface area contributed by atoms with Gasteiger partial charge in [0.25, 0.3) is 5.91 Å². The van der Waals surface area contributed by atoms with E-state index in [1.54, 1.807) is 34.8 Å². The lowest BCUT2D eigenvalue weighted by atomic mass is 10.1. The van der Waals surface area contributed by atoms with Crippen LogP contribution in [0.3, 0.4) is 0 Å². The number of carbonyl (C=O) groups excluding carboxylic acids is 2. The number of esters is 1. The molecular weight excluding hydrogens is 402 g/mol. The summed E-state index contributed by atoms with van der Waals surface area (Å²) in [5.41, 5.74) is 4.51. The highest BCUT2D eigenvalue weighted by Crippen LogP contribution is 2.33. The zero-order chi connectivity index (χ0) is 22.0. The fraction of sp³-hybridized carbons (Fsp3) is 0.318. The number of methoxy groups -OCH3 is 1. The molecular formula is C22H25N3O4S. The molecule has 0 fully saturated rings. The van der Waals surface area contributed by atoms with Crippen LogP contribution < -0.4 is 10.1 Å². The summed E-state index contributed by atoms with van der Waals surface area (Å²) in [6, 6.07) is 5.85.